The zero-order chi connectivity index (χ0) is 14.7. The Balaban J connectivity index is 1.61. The van der Waals surface area contributed by atoms with Crippen LogP contribution in [0.2, 0.25) is 0 Å². The predicted octanol–water partition coefficient (Wildman–Crippen LogP) is 3.05. The van der Waals surface area contributed by atoms with Gasteiger partial charge in [-0.3, -0.25) is 4.90 Å². The number of rotatable bonds is 5. The molecule has 0 radical (unpaired) electrons. The molecule has 0 aromatic rings. The van der Waals surface area contributed by atoms with Gasteiger partial charge in [0.1, 0.15) is 0 Å². The summed E-state index contributed by atoms with van der Waals surface area (Å²) >= 11 is 0. The van der Waals surface area contributed by atoms with Crippen LogP contribution >= 0.6 is 0 Å². The van der Waals surface area contributed by atoms with Crippen molar-refractivity contribution in [3.8, 4) is 0 Å². The Morgan fingerprint density at radius 1 is 1.19 bits per heavy atom. The van der Waals surface area contributed by atoms with Crippen molar-refractivity contribution in [2.75, 3.05) is 32.8 Å². The lowest BCUT2D eigenvalue weighted by molar-refractivity contribution is 0.0266. The van der Waals surface area contributed by atoms with Crippen molar-refractivity contribution >= 4 is 0 Å². The van der Waals surface area contributed by atoms with E-state index in [0.29, 0.717) is 11.5 Å². The fourth-order valence-electron chi connectivity index (χ4n) is 4.49. The first-order chi connectivity index (χ1) is 10.1. The maximum atomic E-state index is 5.94. The number of nitrogens with one attached hydrogen (secondary N) is 1. The molecule has 2 saturated heterocycles. The molecule has 2 unspecified atom stereocenters. The van der Waals surface area contributed by atoms with E-state index in [-0.39, 0.29) is 0 Å². The summed E-state index contributed by atoms with van der Waals surface area (Å²) in [6.07, 6.45) is 10.0. The second-order valence-corrected chi connectivity index (χ2v) is 8.22. The molecule has 0 bridgehead atoms. The summed E-state index contributed by atoms with van der Waals surface area (Å²) in [5, 5.41) is 3.56. The van der Waals surface area contributed by atoms with Crippen LogP contribution in [-0.4, -0.2) is 49.8 Å². The van der Waals surface area contributed by atoms with E-state index in [0.717, 1.165) is 18.6 Å². The van der Waals surface area contributed by atoms with Crippen molar-refractivity contribution in [1.82, 2.24) is 10.2 Å². The van der Waals surface area contributed by atoms with Crippen LogP contribution < -0.4 is 5.32 Å². The highest BCUT2D eigenvalue weighted by Crippen LogP contribution is 2.32. The zero-order valence-corrected chi connectivity index (χ0v) is 14.1. The van der Waals surface area contributed by atoms with Crippen LogP contribution in [0.3, 0.4) is 0 Å². The van der Waals surface area contributed by atoms with Gasteiger partial charge >= 0.3 is 0 Å². The Morgan fingerprint density at radius 3 is 2.62 bits per heavy atom. The number of hydrogen-bond donors (Lipinski definition) is 1. The molecule has 3 fully saturated rings. The largest absolute Gasteiger partial charge is 0.377 e. The van der Waals surface area contributed by atoms with Gasteiger partial charge < -0.3 is 10.1 Å². The fourth-order valence-corrected chi connectivity index (χ4v) is 4.49. The Labute approximate surface area is 130 Å². The van der Waals surface area contributed by atoms with E-state index in [4.69, 9.17) is 4.74 Å². The van der Waals surface area contributed by atoms with Gasteiger partial charge in [-0.1, -0.05) is 13.8 Å². The maximum absolute atomic E-state index is 5.94. The smallest absolute Gasteiger partial charge is 0.0702 e. The molecular weight excluding hydrogens is 260 g/mol. The third-order valence-electron chi connectivity index (χ3n) is 6.01. The van der Waals surface area contributed by atoms with Crippen molar-refractivity contribution < 1.29 is 4.74 Å². The molecule has 3 rings (SSSR count). The van der Waals surface area contributed by atoms with Gasteiger partial charge in [0.2, 0.25) is 0 Å². The van der Waals surface area contributed by atoms with Crippen molar-refractivity contribution in [3.63, 3.8) is 0 Å². The summed E-state index contributed by atoms with van der Waals surface area (Å²) in [5.41, 5.74) is 0.474. The van der Waals surface area contributed by atoms with E-state index >= 15 is 0 Å². The molecule has 0 spiro atoms. The molecule has 2 aliphatic heterocycles. The van der Waals surface area contributed by atoms with Crippen LogP contribution in [-0.2, 0) is 4.74 Å². The topological polar surface area (TPSA) is 24.5 Å². The Hall–Kier alpha value is -0.120. The molecule has 0 aromatic heterocycles. The molecule has 0 aromatic carbocycles. The minimum absolute atomic E-state index is 0.474. The Bertz CT molecular complexity index is 313. The second kappa shape index (κ2) is 6.97. The first-order valence-electron chi connectivity index (χ1n) is 9.21. The Kier molecular flexibility index (Phi) is 5.23. The summed E-state index contributed by atoms with van der Waals surface area (Å²) < 4.78 is 5.94. The standard InChI is InChI=1S/C18H34N2O/c1-15-5-7-16(8-6-15)20(12-17-4-3-11-21-17)14-18(2)9-10-19-13-18/h15-17,19H,3-14H2,1-2H3. The summed E-state index contributed by atoms with van der Waals surface area (Å²) in [5.74, 6) is 0.939. The highest BCUT2D eigenvalue weighted by atomic mass is 16.5. The maximum Gasteiger partial charge on any atom is 0.0702 e. The van der Waals surface area contributed by atoms with Crippen LogP contribution in [0.5, 0.6) is 0 Å². The molecule has 2 atom stereocenters. The van der Waals surface area contributed by atoms with E-state index < -0.39 is 0 Å². The third kappa shape index (κ3) is 4.20. The van der Waals surface area contributed by atoms with E-state index in [1.807, 2.05) is 0 Å². The second-order valence-electron chi connectivity index (χ2n) is 8.22. The van der Waals surface area contributed by atoms with Crippen LogP contribution in [0.15, 0.2) is 0 Å². The average molecular weight is 294 g/mol. The first-order valence-corrected chi connectivity index (χ1v) is 9.21. The molecule has 2 heterocycles. The molecule has 1 saturated carbocycles. The molecule has 1 N–H and O–H groups in total. The number of ether oxygens (including phenoxy) is 1. The first kappa shape index (κ1) is 15.8. The predicted molar refractivity (Wildman–Crippen MR) is 87.6 cm³/mol. The van der Waals surface area contributed by atoms with Gasteiger partial charge in [-0.05, 0) is 62.8 Å². The molecule has 122 valence electrons. The zero-order valence-electron chi connectivity index (χ0n) is 14.1. The van der Waals surface area contributed by atoms with Crippen molar-refractivity contribution in [2.24, 2.45) is 11.3 Å². The van der Waals surface area contributed by atoms with Crippen molar-refractivity contribution in [1.29, 1.82) is 0 Å². The van der Waals surface area contributed by atoms with Crippen LogP contribution in [0, 0.1) is 11.3 Å². The SMILES string of the molecule is CC1CCC(N(CC2CCCO2)CC2(C)CCNC2)CC1. The van der Waals surface area contributed by atoms with Gasteiger partial charge in [0, 0.05) is 32.3 Å². The minimum atomic E-state index is 0.474. The lowest BCUT2D eigenvalue weighted by atomic mass is 9.84. The summed E-state index contributed by atoms with van der Waals surface area (Å²) in [4.78, 5) is 2.81. The Morgan fingerprint density at radius 2 is 2.00 bits per heavy atom. The van der Waals surface area contributed by atoms with Crippen LogP contribution in [0.4, 0.5) is 0 Å². The monoisotopic (exact) mass is 294 g/mol. The lowest BCUT2D eigenvalue weighted by Gasteiger charge is -2.41. The molecule has 21 heavy (non-hydrogen) atoms. The highest BCUT2D eigenvalue weighted by Gasteiger charge is 2.35. The van der Waals surface area contributed by atoms with Gasteiger partial charge in [-0.15, -0.1) is 0 Å². The molecule has 3 heteroatoms. The number of nitrogens with zero attached hydrogens (tertiary/aromatic N) is 1. The van der Waals surface area contributed by atoms with Gasteiger partial charge in [-0.25, -0.2) is 0 Å². The van der Waals surface area contributed by atoms with Gasteiger partial charge in [0.25, 0.3) is 0 Å². The average Bonchev–Trinajstić information content (AvgIpc) is 3.11. The quantitative estimate of drug-likeness (QED) is 0.843. The van der Waals surface area contributed by atoms with E-state index in [1.54, 1.807) is 0 Å². The van der Waals surface area contributed by atoms with E-state index in [9.17, 15) is 0 Å². The summed E-state index contributed by atoms with van der Waals surface area (Å²) in [7, 11) is 0. The third-order valence-corrected chi connectivity index (χ3v) is 6.01. The molecule has 3 nitrogen and oxygen atoms in total. The summed E-state index contributed by atoms with van der Waals surface area (Å²) in [6.45, 7) is 10.7. The van der Waals surface area contributed by atoms with E-state index in [2.05, 4.69) is 24.1 Å². The van der Waals surface area contributed by atoms with Gasteiger partial charge in [0.05, 0.1) is 6.10 Å². The summed E-state index contributed by atoms with van der Waals surface area (Å²) in [6, 6.07) is 0.808. The van der Waals surface area contributed by atoms with Crippen LogP contribution in [0.25, 0.3) is 0 Å². The number of hydrogen-bond acceptors (Lipinski definition) is 3. The van der Waals surface area contributed by atoms with Gasteiger partial charge in [-0.2, -0.15) is 0 Å². The molecule has 0 amide bonds. The fraction of sp³-hybridized carbons (Fsp3) is 1.00. The molecule has 3 aliphatic rings. The normalized spacial score (nSPS) is 41.0. The van der Waals surface area contributed by atoms with Crippen LogP contribution in [0.1, 0.15) is 58.8 Å². The lowest BCUT2D eigenvalue weighted by Crippen LogP contribution is -2.47. The van der Waals surface area contributed by atoms with Gasteiger partial charge in [0.15, 0.2) is 0 Å². The minimum Gasteiger partial charge on any atom is -0.377 e. The van der Waals surface area contributed by atoms with E-state index in [1.165, 1.54) is 71.1 Å². The molecular formula is C18H34N2O. The van der Waals surface area contributed by atoms with Crippen molar-refractivity contribution in [3.05, 3.63) is 0 Å². The highest BCUT2D eigenvalue weighted by molar-refractivity contribution is 4.90. The molecule has 1 aliphatic carbocycles. The van der Waals surface area contributed by atoms with Crippen molar-refractivity contribution in [2.45, 2.75) is 70.9 Å².